The maximum atomic E-state index is 12.0. The van der Waals surface area contributed by atoms with Gasteiger partial charge in [-0.2, -0.15) is 0 Å². The quantitative estimate of drug-likeness (QED) is 0.639. The van der Waals surface area contributed by atoms with Crippen LogP contribution in [0.1, 0.15) is 15.5 Å². The predicted octanol–water partition coefficient (Wildman–Crippen LogP) is 2.14. The van der Waals surface area contributed by atoms with Crippen LogP contribution in [-0.2, 0) is 6.54 Å². The highest BCUT2D eigenvalue weighted by molar-refractivity contribution is 7.09. The molecule has 6 heteroatoms. The van der Waals surface area contributed by atoms with Crippen LogP contribution < -0.4 is 11.1 Å². The molecule has 0 aliphatic carbocycles. The molecule has 1 amide bonds. The Bertz CT molecular complexity index is 717. The van der Waals surface area contributed by atoms with Gasteiger partial charge in [0.05, 0.1) is 17.7 Å². The Morgan fingerprint density at radius 3 is 3.11 bits per heavy atom. The number of H-pyrrole nitrogens is 1. The summed E-state index contributed by atoms with van der Waals surface area (Å²) in [6, 6.07) is 7.38. The number of fused-ring (bicyclic) bond motifs is 1. The van der Waals surface area contributed by atoms with E-state index in [0.29, 0.717) is 17.9 Å². The van der Waals surface area contributed by atoms with Gasteiger partial charge in [0, 0.05) is 17.0 Å². The number of nitrogen functional groups attached to an aromatic ring is 1. The number of nitrogens with one attached hydrogen (secondary N) is 2. The molecule has 0 saturated carbocycles. The molecule has 0 radical (unpaired) electrons. The Morgan fingerprint density at radius 1 is 1.47 bits per heavy atom. The molecule has 3 rings (SSSR count). The number of anilines is 1. The maximum Gasteiger partial charge on any atom is 0.268 e. The van der Waals surface area contributed by atoms with Crippen molar-refractivity contribution in [2.75, 3.05) is 5.73 Å². The molecule has 0 aliphatic heterocycles. The van der Waals surface area contributed by atoms with Gasteiger partial charge in [0.25, 0.3) is 5.91 Å². The van der Waals surface area contributed by atoms with Crippen LogP contribution in [0.15, 0.2) is 35.8 Å². The molecule has 96 valence electrons. The smallest absolute Gasteiger partial charge is 0.268 e. The van der Waals surface area contributed by atoms with Crippen LogP contribution in [0, 0.1) is 0 Å². The number of benzene rings is 1. The minimum atomic E-state index is -0.161. The number of carbonyl (C=O) groups excluding carboxylic acids is 1. The Balaban J connectivity index is 1.80. The summed E-state index contributed by atoms with van der Waals surface area (Å²) in [5, 5.41) is 6.51. The minimum absolute atomic E-state index is 0.161. The first-order valence-electron chi connectivity index (χ1n) is 5.78. The van der Waals surface area contributed by atoms with Crippen LogP contribution in [0.5, 0.6) is 0 Å². The van der Waals surface area contributed by atoms with Crippen molar-refractivity contribution in [2.45, 2.75) is 6.54 Å². The Hall–Kier alpha value is -2.34. The highest BCUT2D eigenvalue weighted by atomic mass is 32.1. The van der Waals surface area contributed by atoms with Crippen LogP contribution in [-0.4, -0.2) is 15.9 Å². The largest absolute Gasteiger partial charge is 0.397 e. The van der Waals surface area contributed by atoms with Crippen LogP contribution in [0.3, 0.4) is 0 Å². The zero-order valence-corrected chi connectivity index (χ0v) is 10.8. The highest BCUT2D eigenvalue weighted by Gasteiger charge is 2.10. The topological polar surface area (TPSA) is 83.8 Å². The lowest BCUT2D eigenvalue weighted by atomic mass is 10.2. The molecule has 0 atom stereocenters. The van der Waals surface area contributed by atoms with E-state index < -0.39 is 0 Å². The van der Waals surface area contributed by atoms with E-state index in [2.05, 4.69) is 15.3 Å². The fourth-order valence-corrected chi connectivity index (χ4v) is 2.45. The Labute approximate surface area is 113 Å². The number of aromatic amines is 1. The van der Waals surface area contributed by atoms with Gasteiger partial charge >= 0.3 is 0 Å². The van der Waals surface area contributed by atoms with E-state index in [1.165, 1.54) is 11.3 Å². The molecule has 4 N–H and O–H groups in total. The predicted molar refractivity (Wildman–Crippen MR) is 76.0 cm³/mol. The molecule has 1 aromatic carbocycles. The summed E-state index contributed by atoms with van der Waals surface area (Å²) in [5.41, 5.74) is 7.78. The number of para-hydroxylation sites is 1. The Kier molecular flexibility index (Phi) is 2.92. The summed E-state index contributed by atoms with van der Waals surface area (Å²) >= 11 is 1.51. The summed E-state index contributed by atoms with van der Waals surface area (Å²) in [7, 11) is 0. The zero-order chi connectivity index (χ0) is 13.2. The first-order chi connectivity index (χ1) is 9.24. The van der Waals surface area contributed by atoms with E-state index in [0.717, 1.165) is 15.9 Å². The van der Waals surface area contributed by atoms with Crippen molar-refractivity contribution >= 4 is 33.8 Å². The Morgan fingerprint density at radius 2 is 2.37 bits per heavy atom. The second-order valence-electron chi connectivity index (χ2n) is 4.10. The second kappa shape index (κ2) is 4.74. The molecule has 0 fully saturated rings. The first-order valence-corrected chi connectivity index (χ1v) is 6.66. The number of rotatable bonds is 3. The molecular formula is C13H12N4OS. The normalized spacial score (nSPS) is 10.7. The third-order valence-corrected chi connectivity index (χ3v) is 3.60. The summed E-state index contributed by atoms with van der Waals surface area (Å²) < 4.78 is 0. The SMILES string of the molecule is Nc1cccc2cc(C(=O)NCc3nccs3)[nH]c12. The third-order valence-electron chi connectivity index (χ3n) is 2.82. The summed E-state index contributed by atoms with van der Waals surface area (Å²) in [5.74, 6) is -0.161. The zero-order valence-electron chi connectivity index (χ0n) is 10.0. The van der Waals surface area contributed by atoms with Crippen LogP contribution in [0.4, 0.5) is 5.69 Å². The number of amides is 1. The number of hydrogen-bond donors (Lipinski definition) is 3. The van der Waals surface area contributed by atoms with Gasteiger partial charge in [-0.1, -0.05) is 12.1 Å². The van der Waals surface area contributed by atoms with Gasteiger partial charge < -0.3 is 16.0 Å². The average molecular weight is 272 g/mol. The second-order valence-corrected chi connectivity index (χ2v) is 5.08. The van der Waals surface area contributed by atoms with Gasteiger partial charge in [0.15, 0.2) is 0 Å². The van der Waals surface area contributed by atoms with E-state index in [-0.39, 0.29) is 5.91 Å². The summed E-state index contributed by atoms with van der Waals surface area (Å²) in [4.78, 5) is 19.2. The lowest BCUT2D eigenvalue weighted by molar-refractivity contribution is 0.0946. The molecular weight excluding hydrogens is 260 g/mol. The van der Waals surface area contributed by atoms with Gasteiger partial charge in [0.2, 0.25) is 0 Å². The molecule has 3 aromatic rings. The molecule has 0 saturated heterocycles. The lowest BCUT2D eigenvalue weighted by Gasteiger charge is -2.00. The van der Waals surface area contributed by atoms with E-state index in [9.17, 15) is 4.79 Å². The van der Waals surface area contributed by atoms with Gasteiger partial charge in [-0.15, -0.1) is 11.3 Å². The summed E-state index contributed by atoms with van der Waals surface area (Å²) in [6.45, 7) is 0.432. The number of thiazole rings is 1. The number of hydrogen-bond acceptors (Lipinski definition) is 4. The van der Waals surface area contributed by atoms with Gasteiger partial charge in [-0.3, -0.25) is 4.79 Å². The fraction of sp³-hybridized carbons (Fsp3) is 0.0769. The number of carbonyl (C=O) groups is 1. The van der Waals surface area contributed by atoms with Crippen molar-refractivity contribution < 1.29 is 4.79 Å². The monoisotopic (exact) mass is 272 g/mol. The van der Waals surface area contributed by atoms with E-state index >= 15 is 0 Å². The number of nitrogens with two attached hydrogens (primary N) is 1. The highest BCUT2D eigenvalue weighted by Crippen LogP contribution is 2.21. The van der Waals surface area contributed by atoms with Crippen LogP contribution >= 0.6 is 11.3 Å². The van der Waals surface area contributed by atoms with Crippen molar-refractivity contribution in [1.82, 2.24) is 15.3 Å². The van der Waals surface area contributed by atoms with Crippen molar-refractivity contribution in [3.63, 3.8) is 0 Å². The molecule has 2 heterocycles. The van der Waals surface area contributed by atoms with Gasteiger partial charge in [-0.05, 0) is 12.1 Å². The van der Waals surface area contributed by atoms with Crippen LogP contribution in [0.25, 0.3) is 10.9 Å². The van der Waals surface area contributed by atoms with Crippen molar-refractivity contribution in [2.24, 2.45) is 0 Å². The number of aromatic nitrogens is 2. The molecule has 0 unspecified atom stereocenters. The molecule has 2 aromatic heterocycles. The third kappa shape index (κ3) is 2.30. The van der Waals surface area contributed by atoms with Crippen molar-refractivity contribution in [3.8, 4) is 0 Å². The van der Waals surface area contributed by atoms with E-state index in [1.807, 2.05) is 17.5 Å². The molecule has 0 spiro atoms. The maximum absolute atomic E-state index is 12.0. The molecule has 19 heavy (non-hydrogen) atoms. The average Bonchev–Trinajstić information content (AvgIpc) is 3.05. The first kappa shape index (κ1) is 11.7. The standard InChI is InChI=1S/C13H12N4OS/c14-9-3-1-2-8-6-10(17-12(8)9)13(18)16-7-11-15-4-5-19-11/h1-6,17H,7,14H2,(H,16,18). The number of nitrogens with zero attached hydrogens (tertiary/aromatic N) is 1. The molecule has 0 bridgehead atoms. The fourth-order valence-electron chi connectivity index (χ4n) is 1.89. The lowest BCUT2D eigenvalue weighted by Crippen LogP contribution is -2.22. The van der Waals surface area contributed by atoms with Gasteiger partial charge in [-0.25, -0.2) is 4.98 Å². The van der Waals surface area contributed by atoms with E-state index in [1.54, 1.807) is 18.3 Å². The minimum Gasteiger partial charge on any atom is -0.397 e. The molecule has 5 nitrogen and oxygen atoms in total. The molecule has 0 aliphatic rings. The summed E-state index contributed by atoms with van der Waals surface area (Å²) in [6.07, 6.45) is 1.72. The van der Waals surface area contributed by atoms with E-state index in [4.69, 9.17) is 5.73 Å². The van der Waals surface area contributed by atoms with Crippen molar-refractivity contribution in [3.05, 3.63) is 46.5 Å². The van der Waals surface area contributed by atoms with Gasteiger partial charge in [0.1, 0.15) is 10.7 Å². The van der Waals surface area contributed by atoms with Crippen molar-refractivity contribution in [1.29, 1.82) is 0 Å². The van der Waals surface area contributed by atoms with Crippen LogP contribution in [0.2, 0.25) is 0 Å².